The molecule has 1 aromatic carbocycles. The van der Waals surface area contributed by atoms with Crippen LogP contribution in [0.25, 0.3) is 11.0 Å². The number of carbonyl (C=O) groups is 1. The smallest absolute Gasteiger partial charge is 0.289 e. The maximum atomic E-state index is 12.5. The number of rotatable bonds is 1. The van der Waals surface area contributed by atoms with Gasteiger partial charge < -0.3 is 15.1 Å². The van der Waals surface area contributed by atoms with Gasteiger partial charge in [0.15, 0.2) is 5.76 Å². The number of fused-ring (bicyclic) bond motifs is 2. The third-order valence-electron chi connectivity index (χ3n) is 4.84. The van der Waals surface area contributed by atoms with Crippen LogP contribution in [0, 0.1) is 11.8 Å². The number of likely N-dealkylation sites (tertiary alicyclic amines) is 1. The molecule has 0 spiro atoms. The monoisotopic (exact) mass is 306 g/mol. The van der Waals surface area contributed by atoms with Gasteiger partial charge in [-0.05, 0) is 36.8 Å². The SMILES string of the molecule is Cl.NC1CCC2CN(C(=O)c3cc4ccccc4o3)CC12. The van der Waals surface area contributed by atoms with Gasteiger partial charge in [0.25, 0.3) is 5.91 Å². The standard InChI is InChI=1S/C16H18N2O2.ClH/c17-13-6-5-11-8-18(9-12(11)13)16(19)15-7-10-3-1-2-4-14(10)20-15;/h1-4,7,11-13H,5-6,8-9,17H2;1H. The van der Waals surface area contributed by atoms with E-state index in [1.54, 1.807) is 0 Å². The fourth-order valence-electron chi connectivity index (χ4n) is 3.72. The Bertz CT molecular complexity index is 636. The zero-order valence-corrected chi connectivity index (χ0v) is 12.5. The van der Waals surface area contributed by atoms with Gasteiger partial charge in [-0.15, -0.1) is 12.4 Å². The van der Waals surface area contributed by atoms with Crippen LogP contribution in [0.4, 0.5) is 0 Å². The molecule has 21 heavy (non-hydrogen) atoms. The van der Waals surface area contributed by atoms with E-state index >= 15 is 0 Å². The molecule has 4 nitrogen and oxygen atoms in total. The van der Waals surface area contributed by atoms with Gasteiger partial charge >= 0.3 is 0 Å². The summed E-state index contributed by atoms with van der Waals surface area (Å²) < 4.78 is 5.67. The van der Waals surface area contributed by atoms with E-state index in [2.05, 4.69) is 0 Å². The Morgan fingerprint density at radius 1 is 1.24 bits per heavy atom. The van der Waals surface area contributed by atoms with Crippen LogP contribution < -0.4 is 5.73 Å². The molecule has 1 saturated heterocycles. The molecule has 1 amide bonds. The van der Waals surface area contributed by atoms with Crippen LogP contribution in [-0.4, -0.2) is 29.9 Å². The molecule has 0 bridgehead atoms. The number of halogens is 1. The van der Waals surface area contributed by atoms with Gasteiger partial charge in [0.05, 0.1) is 0 Å². The highest BCUT2D eigenvalue weighted by Crippen LogP contribution is 2.37. The third kappa shape index (κ3) is 2.32. The Morgan fingerprint density at radius 2 is 2.05 bits per heavy atom. The molecule has 5 heteroatoms. The second-order valence-electron chi connectivity index (χ2n) is 6.02. The van der Waals surface area contributed by atoms with Crippen molar-refractivity contribution in [3.63, 3.8) is 0 Å². The lowest BCUT2D eigenvalue weighted by atomic mass is 9.98. The van der Waals surface area contributed by atoms with Gasteiger partial charge in [-0.2, -0.15) is 0 Å². The second-order valence-corrected chi connectivity index (χ2v) is 6.02. The molecule has 0 radical (unpaired) electrons. The lowest BCUT2D eigenvalue weighted by Gasteiger charge is -2.17. The van der Waals surface area contributed by atoms with Gasteiger partial charge in [-0.3, -0.25) is 4.79 Å². The topological polar surface area (TPSA) is 59.5 Å². The quantitative estimate of drug-likeness (QED) is 0.881. The minimum Gasteiger partial charge on any atom is -0.451 e. The molecule has 1 aromatic heterocycles. The number of hydrogen-bond donors (Lipinski definition) is 1. The molecule has 2 heterocycles. The fourth-order valence-corrected chi connectivity index (χ4v) is 3.72. The highest BCUT2D eigenvalue weighted by molar-refractivity contribution is 5.96. The van der Waals surface area contributed by atoms with Crippen molar-refractivity contribution in [2.24, 2.45) is 17.6 Å². The molecule has 1 aliphatic heterocycles. The number of benzene rings is 1. The molecule has 4 rings (SSSR count). The average Bonchev–Trinajstić information content (AvgIpc) is 3.13. The Balaban J connectivity index is 0.00000132. The van der Waals surface area contributed by atoms with Gasteiger partial charge in [0.1, 0.15) is 5.58 Å². The normalized spacial score (nSPS) is 27.7. The summed E-state index contributed by atoms with van der Waals surface area (Å²) >= 11 is 0. The summed E-state index contributed by atoms with van der Waals surface area (Å²) in [6, 6.07) is 9.81. The number of furan rings is 1. The molecule has 2 aliphatic rings. The maximum absolute atomic E-state index is 12.5. The Hall–Kier alpha value is -1.52. The van der Waals surface area contributed by atoms with E-state index in [0.717, 1.165) is 36.9 Å². The van der Waals surface area contributed by atoms with E-state index in [9.17, 15) is 4.79 Å². The summed E-state index contributed by atoms with van der Waals surface area (Å²) in [7, 11) is 0. The molecule has 1 saturated carbocycles. The van der Waals surface area contributed by atoms with Gasteiger partial charge in [-0.25, -0.2) is 0 Å². The van der Waals surface area contributed by atoms with E-state index in [4.69, 9.17) is 10.2 Å². The van der Waals surface area contributed by atoms with Crippen LogP contribution in [0.15, 0.2) is 34.7 Å². The van der Waals surface area contributed by atoms with Gasteiger partial charge in [0.2, 0.25) is 0 Å². The summed E-state index contributed by atoms with van der Waals surface area (Å²) in [5.74, 6) is 1.50. The fraction of sp³-hybridized carbons (Fsp3) is 0.438. The number of hydrogen-bond acceptors (Lipinski definition) is 3. The Labute approximate surface area is 129 Å². The van der Waals surface area contributed by atoms with Gasteiger partial charge in [-0.1, -0.05) is 18.2 Å². The molecule has 112 valence electrons. The summed E-state index contributed by atoms with van der Waals surface area (Å²) in [5.41, 5.74) is 6.89. The highest BCUT2D eigenvalue weighted by Gasteiger charge is 2.43. The van der Waals surface area contributed by atoms with E-state index in [1.807, 2.05) is 35.2 Å². The first-order valence-electron chi connectivity index (χ1n) is 7.26. The van der Waals surface area contributed by atoms with Crippen molar-refractivity contribution < 1.29 is 9.21 Å². The van der Waals surface area contributed by atoms with E-state index < -0.39 is 0 Å². The zero-order chi connectivity index (χ0) is 13.7. The van der Waals surface area contributed by atoms with Crippen molar-refractivity contribution in [3.8, 4) is 0 Å². The molecular formula is C16H19ClN2O2. The van der Waals surface area contributed by atoms with Crippen molar-refractivity contribution in [2.75, 3.05) is 13.1 Å². The summed E-state index contributed by atoms with van der Waals surface area (Å²) in [4.78, 5) is 14.5. The first-order chi connectivity index (χ1) is 9.72. The summed E-state index contributed by atoms with van der Waals surface area (Å²) in [5, 5.41) is 0.979. The zero-order valence-electron chi connectivity index (χ0n) is 11.7. The van der Waals surface area contributed by atoms with Crippen LogP contribution >= 0.6 is 12.4 Å². The second kappa shape index (κ2) is 5.35. The van der Waals surface area contributed by atoms with E-state index in [1.165, 1.54) is 0 Å². The predicted octanol–water partition coefficient (Wildman–Crippen LogP) is 2.66. The molecule has 3 unspecified atom stereocenters. The van der Waals surface area contributed by atoms with E-state index in [-0.39, 0.29) is 24.4 Å². The van der Waals surface area contributed by atoms with Crippen LogP contribution in [0.3, 0.4) is 0 Å². The summed E-state index contributed by atoms with van der Waals surface area (Å²) in [6.07, 6.45) is 2.25. The van der Waals surface area contributed by atoms with Crippen LogP contribution in [-0.2, 0) is 0 Å². The lowest BCUT2D eigenvalue weighted by molar-refractivity contribution is 0.0750. The Kier molecular flexibility index (Phi) is 3.68. The van der Waals surface area contributed by atoms with Crippen molar-refractivity contribution >= 4 is 29.3 Å². The maximum Gasteiger partial charge on any atom is 0.289 e. The molecular weight excluding hydrogens is 288 g/mol. The molecule has 1 aliphatic carbocycles. The third-order valence-corrected chi connectivity index (χ3v) is 4.84. The molecule has 3 atom stereocenters. The van der Waals surface area contributed by atoms with Crippen LogP contribution in [0.2, 0.25) is 0 Å². The lowest BCUT2D eigenvalue weighted by Crippen LogP contribution is -2.33. The largest absolute Gasteiger partial charge is 0.451 e. The minimum atomic E-state index is 0. The van der Waals surface area contributed by atoms with Crippen molar-refractivity contribution in [2.45, 2.75) is 18.9 Å². The molecule has 2 N–H and O–H groups in total. The highest BCUT2D eigenvalue weighted by atomic mass is 35.5. The van der Waals surface area contributed by atoms with E-state index in [0.29, 0.717) is 17.6 Å². The van der Waals surface area contributed by atoms with Crippen LogP contribution in [0.1, 0.15) is 23.4 Å². The average molecular weight is 307 g/mol. The minimum absolute atomic E-state index is 0. The first kappa shape index (κ1) is 14.4. The number of nitrogens with two attached hydrogens (primary N) is 1. The van der Waals surface area contributed by atoms with Crippen molar-refractivity contribution in [1.29, 1.82) is 0 Å². The summed E-state index contributed by atoms with van der Waals surface area (Å²) in [6.45, 7) is 1.61. The molecule has 2 fully saturated rings. The first-order valence-corrected chi connectivity index (χ1v) is 7.26. The van der Waals surface area contributed by atoms with Crippen LogP contribution in [0.5, 0.6) is 0 Å². The van der Waals surface area contributed by atoms with Crippen molar-refractivity contribution in [1.82, 2.24) is 4.90 Å². The number of nitrogens with zero attached hydrogens (tertiary/aromatic N) is 1. The number of carbonyl (C=O) groups excluding carboxylic acids is 1. The molecule has 2 aromatic rings. The Morgan fingerprint density at radius 3 is 2.81 bits per heavy atom. The predicted molar refractivity (Wildman–Crippen MR) is 83.6 cm³/mol. The number of para-hydroxylation sites is 1. The van der Waals surface area contributed by atoms with Gasteiger partial charge in [0, 0.05) is 24.5 Å². The number of amides is 1. The van der Waals surface area contributed by atoms with Crippen molar-refractivity contribution in [3.05, 3.63) is 36.1 Å².